The van der Waals surface area contributed by atoms with E-state index in [9.17, 15) is 4.39 Å². The first-order valence-electron chi connectivity index (χ1n) is 4.62. The van der Waals surface area contributed by atoms with Crippen LogP contribution in [-0.2, 0) is 0 Å². The molecule has 0 unspecified atom stereocenters. The molecule has 0 saturated heterocycles. The van der Waals surface area contributed by atoms with Crippen molar-refractivity contribution < 1.29 is 4.39 Å². The molecule has 0 heterocycles. The Hall–Kier alpha value is -0.590. The summed E-state index contributed by atoms with van der Waals surface area (Å²) in [6, 6.07) is 0. The van der Waals surface area contributed by atoms with Crippen LogP contribution < -0.4 is 0 Å². The monoisotopic (exact) mass is 172 g/mol. The SMILES string of the molecule is C/C=C(C)\C(CC)=C(/C)F.CC. The van der Waals surface area contributed by atoms with Crippen LogP contribution in [0.25, 0.3) is 0 Å². The lowest BCUT2D eigenvalue weighted by atomic mass is 10.0. The van der Waals surface area contributed by atoms with Gasteiger partial charge in [0.15, 0.2) is 0 Å². The van der Waals surface area contributed by atoms with Crippen molar-refractivity contribution in [2.75, 3.05) is 0 Å². The van der Waals surface area contributed by atoms with Crippen molar-refractivity contribution in [1.29, 1.82) is 0 Å². The molecule has 0 nitrogen and oxygen atoms in total. The zero-order valence-electron chi connectivity index (χ0n) is 9.16. The highest BCUT2D eigenvalue weighted by atomic mass is 19.1. The fourth-order valence-corrected chi connectivity index (χ4v) is 0.968. The van der Waals surface area contributed by atoms with Crippen LogP contribution in [0.15, 0.2) is 23.0 Å². The Morgan fingerprint density at radius 3 is 1.75 bits per heavy atom. The maximum atomic E-state index is 12.6. The van der Waals surface area contributed by atoms with Gasteiger partial charge < -0.3 is 0 Å². The van der Waals surface area contributed by atoms with E-state index in [1.54, 1.807) is 0 Å². The average molecular weight is 172 g/mol. The van der Waals surface area contributed by atoms with Crippen LogP contribution in [0, 0.1) is 0 Å². The zero-order chi connectivity index (χ0) is 10.1. The molecule has 1 heteroatoms. The Morgan fingerprint density at radius 2 is 1.67 bits per heavy atom. The maximum absolute atomic E-state index is 12.6. The minimum absolute atomic E-state index is 0.0573. The maximum Gasteiger partial charge on any atom is 0.100 e. The third-order valence-corrected chi connectivity index (χ3v) is 1.68. The van der Waals surface area contributed by atoms with Crippen LogP contribution in [0.1, 0.15) is 48.0 Å². The molecule has 0 aliphatic heterocycles. The first-order chi connectivity index (χ1) is 5.63. The molecule has 0 rings (SSSR count). The number of hydrogen-bond donors (Lipinski definition) is 0. The first kappa shape index (κ1) is 14.0. The van der Waals surface area contributed by atoms with E-state index in [-0.39, 0.29) is 5.83 Å². The fourth-order valence-electron chi connectivity index (χ4n) is 0.968. The standard InChI is InChI=1S/C9H15F.C2H6/c1-5-7(3)9(6-2)8(4)10;1-2/h5H,6H2,1-4H3;1-2H3/b7-5-,9-8+;. The second-order valence-electron chi connectivity index (χ2n) is 2.34. The second kappa shape index (κ2) is 8.51. The number of halogens is 1. The largest absolute Gasteiger partial charge is 0.212 e. The van der Waals surface area contributed by atoms with Crippen molar-refractivity contribution in [2.45, 2.75) is 48.0 Å². The van der Waals surface area contributed by atoms with Crippen molar-refractivity contribution in [3.63, 3.8) is 0 Å². The molecule has 0 aliphatic rings. The zero-order valence-corrected chi connectivity index (χ0v) is 9.16. The predicted molar refractivity (Wildman–Crippen MR) is 54.9 cm³/mol. The summed E-state index contributed by atoms with van der Waals surface area (Å²) in [5.41, 5.74) is 1.88. The van der Waals surface area contributed by atoms with Gasteiger partial charge in [0.1, 0.15) is 5.83 Å². The van der Waals surface area contributed by atoms with E-state index in [1.165, 1.54) is 6.92 Å². The van der Waals surface area contributed by atoms with Gasteiger partial charge in [0.25, 0.3) is 0 Å². The van der Waals surface area contributed by atoms with E-state index in [2.05, 4.69) is 0 Å². The molecule has 0 aromatic carbocycles. The Bertz CT molecular complexity index is 153. The second-order valence-corrected chi connectivity index (χ2v) is 2.34. The molecule has 0 aromatic heterocycles. The van der Waals surface area contributed by atoms with E-state index in [1.807, 2.05) is 40.7 Å². The average Bonchev–Trinajstić information content (AvgIpc) is 2.08. The summed E-state index contributed by atoms with van der Waals surface area (Å²) in [4.78, 5) is 0. The summed E-state index contributed by atoms with van der Waals surface area (Å²) in [5, 5.41) is 0. The van der Waals surface area contributed by atoms with Crippen LogP contribution in [0.4, 0.5) is 4.39 Å². The van der Waals surface area contributed by atoms with Gasteiger partial charge >= 0.3 is 0 Å². The summed E-state index contributed by atoms with van der Waals surface area (Å²) in [6.45, 7) is 11.3. The summed E-state index contributed by atoms with van der Waals surface area (Å²) in [6.07, 6.45) is 2.71. The van der Waals surface area contributed by atoms with Gasteiger partial charge in [-0.25, -0.2) is 4.39 Å². The molecule has 0 spiro atoms. The van der Waals surface area contributed by atoms with E-state index < -0.39 is 0 Å². The van der Waals surface area contributed by atoms with Gasteiger partial charge in [-0.1, -0.05) is 26.8 Å². The van der Waals surface area contributed by atoms with Crippen LogP contribution in [-0.4, -0.2) is 0 Å². The van der Waals surface area contributed by atoms with Crippen molar-refractivity contribution in [3.8, 4) is 0 Å². The van der Waals surface area contributed by atoms with E-state index in [0.717, 1.165) is 17.6 Å². The third kappa shape index (κ3) is 5.11. The Morgan fingerprint density at radius 1 is 1.25 bits per heavy atom. The van der Waals surface area contributed by atoms with Crippen molar-refractivity contribution in [3.05, 3.63) is 23.0 Å². The molecule has 0 amide bonds. The molecule has 0 fully saturated rings. The van der Waals surface area contributed by atoms with Gasteiger partial charge in [0.2, 0.25) is 0 Å². The first-order valence-corrected chi connectivity index (χ1v) is 4.62. The molecular formula is C11H21F. The third-order valence-electron chi connectivity index (χ3n) is 1.68. The minimum atomic E-state index is -0.0573. The van der Waals surface area contributed by atoms with Crippen LogP contribution in [0.3, 0.4) is 0 Å². The molecule has 0 atom stereocenters. The molecule has 0 radical (unpaired) electrons. The predicted octanol–water partition coefficient (Wildman–Crippen LogP) is 4.63. The molecular weight excluding hydrogens is 151 g/mol. The van der Waals surface area contributed by atoms with E-state index >= 15 is 0 Å². The van der Waals surface area contributed by atoms with Crippen LogP contribution >= 0.6 is 0 Å². The van der Waals surface area contributed by atoms with Crippen LogP contribution in [0.5, 0.6) is 0 Å². The minimum Gasteiger partial charge on any atom is -0.212 e. The molecule has 0 aliphatic carbocycles. The summed E-state index contributed by atoms with van der Waals surface area (Å²) < 4.78 is 12.6. The van der Waals surface area contributed by atoms with Gasteiger partial charge in [-0.2, -0.15) is 0 Å². The van der Waals surface area contributed by atoms with Gasteiger partial charge in [-0.3, -0.25) is 0 Å². The van der Waals surface area contributed by atoms with Gasteiger partial charge in [-0.05, 0) is 38.3 Å². The Balaban J connectivity index is 0. The number of allylic oxidation sites excluding steroid dienone is 4. The topological polar surface area (TPSA) is 0 Å². The highest BCUT2D eigenvalue weighted by molar-refractivity contribution is 5.29. The Kier molecular flexibility index (Phi) is 9.90. The van der Waals surface area contributed by atoms with Crippen molar-refractivity contribution >= 4 is 0 Å². The summed E-state index contributed by atoms with van der Waals surface area (Å²) in [5.74, 6) is -0.0573. The highest BCUT2D eigenvalue weighted by Gasteiger charge is 1.99. The fraction of sp³-hybridized carbons (Fsp3) is 0.636. The Labute approximate surface area is 76.2 Å². The lowest BCUT2D eigenvalue weighted by Crippen LogP contribution is -1.85. The molecule has 12 heavy (non-hydrogen) atoms. The summed E-state index contributed by atoms with van der Waals surface area (Å²) in [7, 11) is 0. The van der Waals surface area contributed by atoms with Crippen molar-refractivity contribution in [1.82, 2.24) is 0 Å². The summed E-state index contributed by atoms with van der Waals surface area (Å²) >= 11 is 0. The molecule has 0 saturated carbocycles. The van der Waals surface area contributed by atoms with E-state index in [0.29, 0.717) is 0 Å². The van der Waals surface area contributed by atoms with Crippen molar-refractivity contribution in [2.24, 2.45) is 0 Å². The quantitative estimate of drug-likeness (QED) is 0.533. The van der Waals surface area contributed by atoms with Gasteiger partial charge in [-0.15, -0.1) is 0 Å². The molecule has 0 bridgehead atoms. The highest BCUT2D eigenvalue weighted by Crippen LogP contribution is 2.18. The number of hydrogen-bond acceptors (Lipinski definition) is 0. The molecule has 0 N–H and O–H groups in total. The van der Waals surface area contributed by atoms with Gasteiger partial charge in [0.05, 0.1) is 0 Å². The smallest absolute Gasteiger partial charge is 0.100 e. The molecule has 0 aromatic rings. The normalized spacial score (nSPS) is 13.1. The van der Waals surface area contributed by atoms with Crippen LogP contribution in [0.2, 0.25) is 0 Å². The van der Waals surface area contributed by atoms with E-state index in [4.69, 9.17) is 0 Å². The lowest BCUT2D eigenvalue weighted by Gasteiger charge is -2.03. The molecule has 72 valence electrons. The number of rotatable bonds is 2. The van der Waals surface area contributed by atoms with Gasteiger partial charge in [0, 0.05) is 0 Å². The lowest BCUT2D eigenvalue weighted by molar-refractivity contribution is 0.624.